The highest BCUT2D eigenvalue weighted by Gasteiger charge is 2.52. The SMILES string of the molecule is C[C@@H](/C=C/CC(=O)N1CCC[C@H]1CO)[C@]1(O)C(=O)N(Cc2ccccc2)c2ccc(Cl)cc21. The van der Waals surface area contributed by atoms with E-state index in [-0.39, 0.29) is 25.0 Å². The summed E-state index contributed by atoms with van der Waals surface area (Å²) in [5.74, 6) is -1.05. The fraction of sp³-hybridized carbons (Fsp3) is 0.385. The number of amides is 2. The third-order valence-corrected chi connectivity index (χ3v) is 6.93. The van der Waals surface area contributed by atoms with E-state index in [4.69, 9.17) is 11.6 Å². The van der Waals surface area contributed by atoms with Gasteiger partial charge in [0.1, 0.15) is 0 Å². The van der Waals surface area contributed by atoms with Crippen LogP contribution in [0.25, 0.3) is 0 Å². The second-order valence-corrected chi connectivity index (χ2v) is 9.23. The second kappa shape index (κ2) is 9.67. The van der Waals surface area contributed by atoms with Gasteiger partial charge in [0, 0.05) is 29.5 Å². The van der Waals surface area contributed by atoms with E-state index < -0.39 is 17.4 Å². The summed E-state index contributed by atoms with van der Waals surface area (Å²) in [4.78, 5) is 29.4. The second-order valence-electron chi connectivity index (χ2n) is 8.79. The Bertz CT molecular complexity index is 1060. The Balaban J connectivity index is 1.55. The minimum atomic E-state index is -1.78. The van der Waals surface area contributed by atoms with E-state index in [0.29, 0.717) is 29.4 Å². The number of aliphatic hydroxyl groups excluding tert-OH is 1. The smallest absolute Gasteiger partial charge is 0.264 e. The fourth-order valence-corrected chi connectivity index (χ4v) is 5.00. The van der Waals surface area contributed by atoms with Crippen molar-refractivity contribution >= 4 is 29.1 Å². The first-order valence-electron chi connectivity index (χ1n) is 11.3. The van der Waals surface area contributed by atoms with Crippen LogP contribution in [0.3, 0.4) is 0 Å². The lowest BCUT2D eigenvalue weighted by atomic mass is 9.83. The monoisotopic (exact) mass is 468 g/mol. The maximum atomic E-state index is 13.5. The number of hydrogen-bond donors (Lipinski definition) is 2. The van der Waals surface area contributed by atoms with Gasteiger partial charge in [-0.05, 0) is 36.6 Å². The number of halogens is 1. The lowest BCUT2D eigenvalue weighted by Crippen LogP contribution is -2.44. The van der Waals surface area contributed by atoms with Crippen molar-refractivity contribution in [2.45, 2.75) is 44.4 Å². The van der Waals surface area contributed by atoms with Crippen LogP contribution in [0, 0.1) is 5.92 Å². The van der Waals surface area contributed by atoms with Crippen LogP contribution in [0.5, 0.6) is 0 Å². The molecule has 0 aromatic heterocycles. The fourth-order valence-electron chi connectivity index (χ4n) is 4.83. The van der Waals surface area contributed by atoms with E-state index in [1.807, 2.05) is 30.3 Å². The van der Waals surface area contributed by atoms with Gasteiger partial charge in [-0.2, -0.15) is 0 Å². The van der Waals surface area contributed by atoms with Gasteiger partial charge in [-0.1, -0.05) is 61.0 Å². The van der Waals surface area contributed by atoms with Crippen LogP contribution in [0.15, 0.2) is 60.7 Å². The molecule has 0 aliphatic carbocycles. The highest BCUT2D eigenvalue weighted by molar-refractivity contribution is 6.31. The molecule has 2 heterocycles. The van der Waals surface area contributed by atoms with Crippen LogP contribution in [-0.4, -0.2) is 46.1 Å². The molecule has 0 spiro atoms. The van der Waals surface area contributed by atoms with Crippen molar-refractivity contribution in [3.05, 3.63) is 76.8 Å². The van der Waals surface area contributed by atoms with Crippen molar-refractivity contribution < 1.29 is 19.8 Å². The van der Waals surface area contributed by atoms with Gasteiger partial charge in [0.25, 0.3) is 5.91 Å². The Morgan fingerprint density at radius 2 is 2.03 bits per heavy atom. The van der Waals surface area contributed by atoms with Gasteiger partial charge in [-0.15, -0.1) is 0 Å². The van der Waals surface area contributed by atoms with Gasteiger partial charge in [-0.3, -0.25) is 9.59 Å². The Hall–Kier alpha value is -2.67. The summed E-state index contributed by atoms with van der Waals surface area (Å²) < 4.78 is 0. The number of anilines is 1. The molecule has 2 aliphatic rings. The zero-order valence-electron chi connectivity index (χ0n) is 18.7. The molecule has 2 aromatic carbocycles. The Morgan fingerprint density at radius 1 is 1.27 bits per heavy atom. The molecule has 1 saturated heterocycles. The zero-order valence-corrected chi connectivity index (χ0v) is 19.4. The summed E-state index contributed by atoms with van der Waals surface area (Å²) in [7, 11) is 0. The largest absolute Gasteiger partial charge is 0.394 e. The zero-order chi connectivity index (χ0) is 23.6. The number of hydrogen-bond acceptors (Lipinski definition) is 4. The first-order valence-corrected chi connectivity index (χ1v) is 11.7. The number of likely N-dealkylation sites (tertiary alicyclic amines) is 1. The molecule has 0 saturated carbocycles. The molecule has 0 unspecified atom stereocenters. The van der Waals surface area contributed by atoms with Gasteiger partial charge in [0.05, 0.1) is 24.9 Å². The summed E-state index contributed by atoms with van der Waals surface area (Å²) in [5, 5.41) is 21.6. The number of benzene rings is 2. The molecule has 2 aliphatic heterocycles. The lowest BCUT2D eigenvalue weighted by molar-refractivity contribution is -0.139. The van der Waals surface area contributed by atoms with Crippen LogP contribution in [0.4, 0.5) is 5.69 Å². The minimum Gasteiger partial charge on any atom is -0.394 e. The van der Waals surface area contributed by atoms with Crippen molar-refractivity contribution in [3.63, 3.8) is 0 Å². The number of rotatable bonds is 7. The third kappa shape index (κ3) is 4.43. The van der Waals surface area contributed by atoms with E-state index in [1.165, 1.54) is 0 Å². The molecule has 33 heavy (non-hydrogen) atoms. The topological polar surface area (TPSA) is 81.1 Å². The van der Waals surface area contributed by atoms with E-state index >= 15 is 0 Å². The highest BCUT2D eigenvalue weighted by atomic mass is 35.5. The molecule has 1 fully saturated rings. The number of carbonyl (C=O) groups excluding carboxylic acids is 2. The van der Waals surface area contributed by atoms with Gasteiger partial charge in [0.2, 0.25) is 5.91 Å². The quantitative estimate of drug-likeness (QED) is 0.608. The number of nitrogens with zero attached hydrogens (tertiary/aromatic N) is 2. The Kier molecular flexibility index (Phi) is 6.88. The van der Waals surface area contributed by atoms with Gasteiger partial charge < -0.3 is 20.0 Å². The summed E-state index contributed by atoms with van der Waals surface area (Å²) in [6, 6.07) is 14.6. The first kappa shape index (κ1) is 23.5. The lowest BCUT2D eigenvalue weighted by Gasteiger charge is -2.28. The highest BCUT2D eigenvalue weighted by Crippen LogP contribution is 2.46. The van der Waals surface area contributed by atoms with Crippen molar-refractivity contribution in [3.8, 4) is 0 Å². The minimum absolute atomic E-state index is 0.0328. The molecule has 2 N–H and O–H groups in total. The van der Waals surface area contributed by atoms with Gasteiger partial charge in [-0.25, -0.2) is 0 Å². The molecular formula is C26H29ClN2O4. The third-order valence-electron chi connectivity index (χ3n) is 6.70. The molecule has 6 nitrogen and oxygen atoms in total. The predicted molar refractivity (Wildman–Crippen MR) is 128 cm³/mol. The van der Waals surface area contributed by atoms with Crippen LogP contribution in [0.1, 0.15) is 37.3 Å². The molecular weight excluding hydrogens is 440 g/mol. The molecule has 3 atom stereocenters. The molecule has 7 heteroatoms. The molecule has 0 bridgehead atoms. The van der Waals surface area contributed by atoms with Gasteiger partial charge in [0.15, 0.2) is 5.60 Å². The molecule has 2 aromatic rings. The average molecular weight is 469 g/mol. The molecule has 0 radical (unpaired) electrons. The predicted octanol–water partition coefficient (Wildman–Crippen LogP) is 3.64. The van der Waals surface area contributed by atoms with Crippen molar-refractivity contribution in [1.29, 1.82) is 0 Å². The van der Waals surface area contributed by atoms with Gasteiger partial charge >= 0.3 is 0 Å². The van der Waals surface area contributed by atoms with Crippen LogP contribution in [-0.2, 0) is 21.7 Å². The van der Waals surface area contributed by atoms with E-state index in [2.05, 4.69) is 0 Å². The summed E-state index contributed by atoms with van der Waals surface area (Å²) in [6.45, 7) is 2.72. The maximum absolute atomic E-state index is 13.5. The first-order chi connectivity index (χ1) is 15.9. The number of aliphatic hydroxyl groups is 2. The Labute approximate surface area is 199 Å². The molecule has 174 valence electrons. The van der Waals surface area contributed by atoms with Crippen LogP contribution >= 0.6 is 11.6 Å². The molecule has 4 rings (SSSR count). The van der Waals surface area contributed by atoms with Crippen molar-refractivity contribution in [2.75, 3.05) is 18.1 Å². The summed E-state index contributed by atoms with van der Waals surface area (Å²) >= 11 is 6.23. The molecule has 2 amide bonds. The standard InChI is InChI=1S/C26H29ClN2O4/c1-18(7-5-11-24(31)28-14-6-10-21(28)17-30)26(33)22-15-20(27)12-13-23(22)29(25(26)32)16-19-8-3-2-4-9-19/h2-5,7-9,12-13,15,18,21,30,33H,6,10-11,14,16-17H2,1H3/b7-5+/t18-,21-,26+/m0/s1. The normalized spacial score (nSPS) is 23.4. The van der Waals surface area contributed by atoms with Crippen LogP contribution in [0.2, 0.25) is 5.02 Å². The Morgan fingerprint density at radius 3 is 2.76 bits per heavy atom. The van der Waals surface area contributed by atoms with E-state index in [0.717, 1.165) is 18.4 Å². The van der Waals surface area contributed by atoms with Crippen molar-refractivity contribution in [1.82, 2.24) is 4.90 Å². The number of carbonyl (C=O) groups is 2. The average Bonchev–Trinajstić information content (AvgIpc) is 3.38. The van der Waals surface area contributed by atoms with E-state index in [9.17, 15) is 19.8 Å². The number of fused-ring (bicyclic) bond motifs is 1. The van der Waals surface area contributed by atoms with Crippen molar-refractivity contribution in [2.24, 2.45) is 5.92 Å². The summed E-state index contributed by atoms with van der Waals surface area (Å²) in [5.41, 5.74) is 0.276. The van der Waals surface area contributed by atoms with E-state index in [1.54, 1.807) is 47.1 Å². The maximum Gasteiger partial charge on any atom is 0.264 e. The van der Waals surface area contributed by atoms with Crippen LogP contribution < -0.4 is 4.90 Å². The summed E-state index contributed by atoms with van der Waals surface area (Å²) in [6.07, 6.45) is 5.28.